The minimum Gasteiger partial charge on any atom is -0.548 e. The first-order chi connectivity index (χ1) is 10.0. The zero-order valence-corrected chi connectivity index (χ0v) is 11.3. The first-order valence-corrected chi connectivity index (χ1v) is 6.71. The Balaban J connectivity index is 1.85. The Morgan fingerprint density at radius 3 is 2.86 bits per heavy atom. The molecule has 0 bridgehead atoms. The Labute approximate surface area is 123 Å². The van der Waals surface area contributed by atoms with Gasteiger partial charge in [-0.15, -0.1) is 0 Å². The Hall–Kier alpha value is -2.48. The molecular weight excluding hydrogens is 298 g/mol. The quantitative estimate of drug-likeness (QED) is 0.736. The summed E-state index contributed by atoms with van der Waals surface area (Å²) in [7, 11) is 0. The van der Waals surface area contributed by atoms with Crippen molar-refractivity contribution in [2.24, 2.45) is 0 Å². The molecular formula is C13H8NO6S-. The number of imide groups is 1. The summed E-state index contributed by atoms with van der Waals surface area (Å²) in [6.07, 6.45) is 1.50. The molecule has 108 valence electrons. The van der Waals surface area contributed by atoms with Gasteiger partial charge in [-0.1, -0.05) is 6.07 Å². The topological polar surface area (TPSA) is 96.0 Å². The summed E-state index contributed by atoms with van der Waals surface area (Å²) in [4.78, 5) is 34.9. The summed E-state index contributed by atoms with van der Waals surface area (Å²) in [6.45, 7) is -0.607. The van der Waals surface area contributed by atoms with Gasteiger partial charge in [-0.2, -0.15) is 0 Å². The first-order valence-electron chi connectivity index (χ1n) is 5.89. The fourth-order valence-corrected chi connectivity index (χ4v) is 2.76. The van der Waals surface area contributed by atoms with E-state index in [1.807, 2.05) is 0 Å². The fraction of sp³-hybridized carbons (Fsp3) is 0.154. The second-order valence-electron chi connectivity index (χ2n) is 4.25. The van der Waals surface area contributed by atoms with Crippen molar-refractivity contribution in [3.8, 4) is 11.5 Å². The molecule has 0 unspecified atom stereocenters. The maximum absolute atomic E-state index is 12.0. The van der Waals surface area contributed by atoms with E-state index in [1.54, 1.807) is 18.2 Å². The van der Waals surface area contributed by atoms with E-state index in [0.29, 0.717) is 33.7 Å². The number of hydrogen-bond acceptors (Lipinski definition) is 7. The highest BCUT2D eigenvalue weighted by atomic mass is 32.2. The number of carbonyl (C=O) groups is 3. The minimum atomic E-state index is -1.48. The monoisotopic (exact) mass is 306 g/mol. The number of carbonyl (C=O) groups excluding carboxylic acids is 3. The van der Waals surface area contributed by atoms with Crippen LogP contribution < -0.4 is 14.6 Å². The molecule has 1 aromatic carbocycles. The molecule has 1 aromatic rings. The summed E-state index contributed by atoms with van der Waals surface area (Å²) < 4.78 is 10.4. The lowest BCUT2D eigenvalue weighted by molar-refractivity contribution is -0.305. The predicted molar refractivity (Wildman–Crippen MR) is 70.2 cm³/mol. The van der Waals surface area contributed by atoms with Gasteiger partial charge in [-0.05, 0) is 35.5 Å². The van der Waals surface area contributed by atoms with Crippen molar-refractivity contribution in [3.05, 3.63) is 28.7 Å². The first kappa shape index (κ1) is 13.5. The molecule has 2 aliphatic rings. The van der Waals surface area contributed by atoms with E-state index >= 15 is 0 Å². The van der Waals surface area contributed by atoms with Gasteiger partial charge in [0.15, 0.2) is 11.5 Å². The maximum Gasteiger partial charge on any atom is 0.293 e. The summed E-state index contributed by atoms with van der Waals surface area (Å²) >= 11 is 0.687. The molecule has 0 spiro atoms. The van der Waals surface area contributed by atoms with Gasteiger partial charge in [0, 0.05) is 0 Å². The highest BCUT2D eigenvalue weighted by molar-refractivity contribution is 8.18. The van der Waals surface area contributed by atoms with E-state index in [1.165, 1.54) is 6.08 Å². The van der Waals surface area contributed by atoms with Crippen molar-refractivity contribution >= 4 is 35.0 Å². The number of amides is 2. The molecule has 2 aliphatic heterocycles. The summed E-state index contributed by atoms with van der Waals surface area (Å²) in [5, 5.41) is 9.89. The van der Waals surface area contributed by atoms with Crippen LogP contribution in [0.15, 0.2) is 23.1 Å². The largest absolute Gasteiger partial charge is 0.548 e. The van der Waals surface area contributed by atoms with Gasteiger partial charge >= 0.3 is 0 Å². The Morgan fingerprint density at radius 1 is 1.33 bits per heavy atom. The third kappa shape index (κ3) is 2.57. The summed E-state index contributed by atoms with van der Waals surface area (Å²) in [5.74, 6) is -0.969. The number of rotatable bonds is 3. The van der Waals surface area contributed by atoms with Crippen molar-refractivity contribution in [2.75, 3.05) is 13.3 Å². The molecule has 0 atom stereocenters. The molecule has 7 nitrogen and oxygen atoms in total. The molecule has 2 amide bonds. The number of thioether (sulfide) groups is 1. The lowest BCUT2D eigenvalue weighted by Gasteiger charge is -2.12. The van der Waals surface area contributed by atoms with Gasteiger partial charge in [0.1, 0.15) is 0 Å². The Bertz CT molecular complexity index is 683. The van der Waals surface area contributed by atoms with Crippen molar-refractivity contribution in [2.45, 2.75) is 0 Å². The third-order valence-electron chi connectivity index (χ3n) is 2.86. The number of carboxylic acids is 1. The normalized spacial score (nSPS) is 18.7. The SMILES string of the molecule is O=C([O-])CN1C(=O)S/C(=C\c2ccc3c(c2)OCO3)C1=O. The van der Waals surface area contributed by atoms with Crippen molar-refractivity contribution in [1.29, 1.82) is 0 Å². The molecule has 21 heavy (non-hydrogen) atoms. The van der Waals surface area contributed by atoms with Crippen LogP contribution in [0, 0.1) is 0 Å². The zero-order valence-electron chi connectivity index (χ0n) is 10.5. The summed E-state index contributed by atoms with van der Waals surface area (Å²) in [5.41, 5.74) is 0.651. The molecule has 8 heteroatoms. The standard InChI is InChI=1S/C13H9NO6S/c15-11(16)5-14-12(17)10(21-13(14)18)4-7-1-2-8-9(3-7)20-6-19-8/h1-4H,5-6H2,(H,15,16)/p-1/b10-4-. The van der Waals surface area contributed by atoms with E-state index in [9.17, 15) is 19.5 Å². The highest BCUT2D eigenvalue weighted by Gasteiger charge is 2.34. The van der Waals surface area contributed by atoms with Crippen LogP contribution in [-0.4, -0.2) is 35.4 Å². The fourth-order valence-electron chi connectivity index (χ4n) is 1.92. The van der Waals surface area contributed by atoms with Gasteiger partial charge < -0.3 is 19.4 Å². The van der Waals surface area contributed by atoms with E-state index in [2.05, 4.69) is 0 Å². The highest BCUT2D eigenvalue weighted by Crippen LogP contribution is 2.36. The predicted octanol–water partition coefficient (Wildman–Crippen LogP) is 0.201. The van der Waals surface area contributed by atoms with Crippen LogP contribution in [0.5, 0.6) is 11.5 Å². The number of hydrogen-bond donors (Lipinski definition) is 0. The molecule has 3 rings (SSSR count). The van der Waals surface area contributed by atoms with Gasteiger partial charge in [-0.3, -0.25) is 14.5 Å². The number of benzene rings is 1. The summed E-state index contributed by atoms with van der Waals surface area (Å²) in [6, 6.07) is 5.08. The van der Waals surface area contributed by atoms with Crippen LogP contribution in [0.2, 0.25) is 0 Å². The van der Waals surface area contributed by atoms with Crippen LogP contribution in [0.25, 0.3) is 6.08 Å². The van der Waals surface area contributed by atoms with Gasteiger partial charge in [0.05, 0.1) is 17.4 Å². The number of nitrogens with zero attached hydrogens (tertiary/aromatic N) is 1. The van der Waals surface area contributed by atoms with E-state index < -0.39 is 23.7 Å². The van der Waals surface area contributed by atoms with Crippen LogP contribution in [-0.2, 0) is 9.59 Å². The molecule has 1 saturated heterocycles. The number of aliphatic carboxylic acids is 1. The molecule has 0 aromatic heterocycles. The molecule has 0 radical (unpaired) electrons. The average molecular weight is 306 g/mol. The smallest absolute Gasteiger partial charge is 0.293 e. The van der Waals surface area contributed by atoms with Crippen LogP contribution >= 0.6 is 11.8 Å². The number of ether oxygens (including phenoxy) is 2. The van der Waals surface area contributed by atoms with Gasteiger partial charge in [0.2, 0.25) is 6.79 Å². The van der Waals surface area contributed by atoms with Crippen molar-refractivity contribution < 1.29 is 29.0 Å². The second kappa shape index (κ2) is 5.13. The number of fused-ring (bicyclic) bond motifs is 1. The lowest BCUT2D eigenvalue weighted by atomic mass is 10.2. The zero-order chi connectivity index (χ0) is 15.0. The van der Waals surface area contributed by atoms with Crippen molar-refractivity contribution in [3.63, 3.8) is 0 Å². The maximum atomic E-state index is 12.0. The second-order valence-corrected chi connectivity index (χ2v) is 5.25. The average Bonchev–Trinajstić information content (AvgIpc) is 2.98. The van der Waals surface area contributed by atoms with Crippen molar-refractivity contribution in [1.82, 2.24) is 4.90 Å². The Morgan fingerprint density at radius 2 is 2.10 bits per heavy atom. The molecule has 0 N–H and O–H groups in total. The molecule has 1 fully saturated rings. The molecule has 0 aliphatic carbocycles. The minimum absolute atomic E-state index is 0.140. The van der Waals surface area contributed by atoms with Gasteiger partial charge in [-0.25, -0.2) is 0 Å². The van der Waals surface area contributed by atoms with Crippen LogP contribution in [0.4, 0.5) is 4.79 Å². The van der Waals surface area contributed by atoms with Crippen LogP contribution in [0.3, 0.4) is 0 Å². The van der Waals surface area contributed by atoms with E-state index in [0.717, 1.165) is 0 Å². The molecule has 0 saturated carbocycles. The van der Waals surface area contributed by atoms with Crippen LogP contribution in [0.1, 0.15) is 5.56 Å². The van der Waals surface area contributed by atoms with E-state index in [4.69, 9.17) is 9.47 Å². The number of carboxylic acid groups (broad SMARTS) is 1. The third-order valence-corrected chi connectivity index (χ3v) is 3.76. The van der Waals surface area contributed by atoms with E-state index in [-0.39, 0.29) is 11.7 Å². The lowest BCUT2D eigenvalue weighted by Crippen LogP contribution is -2.40. The molecule has 2 heterocycles. The van der Waals surface area contributed by atoms with Gasteiger partial charge in [0.25, 0.3) is 11.1 Å². The Kier molecular flexibility index (Phi) is 3.30.